The lowest BCUT2D eigenvalue weighted by Gasteiger charge is -2.17. The smallest absolute Gasteiger partial charge is 0.0688 e. The van der Waals surface area contributed by atoms with Crippen LogP contribution < -0.4 is 0 Å². The molecule has 1 aromatic carbocycles. The fourth-order valence-electron chi connectivity index (χ4n) is 2.48. The first-order valence-corrected chi connectivity index (χ1v) is 7.34. The van der Waals surface area contributed by atoms with Crippen LogP contribution in [0.1, 0.15) is 39.3 Å². The monoisotopic (exact) mass is 259 g/mol. The maximum absolute atomic E-state index is 4.47. The summed E-state index contributed by atoms with van der Waals surface area (Å²) in [7, 11) is 0. The second-order valence-corrected chi connectivity index (χ2v) is 5.35. The molecule has 0 saturated carbocycles. The van der Waals surface area contributed by atoms with E-state index in [9.17, 15) is 0 Å². The van der Waals surface area contributed by atoms with Crippen LogP contribution in [0.4, 0.5) is 0 Å². The molecule has 0 spiro atoms. The highest BCUT2D eigenvalue weighted by molar-refractivity contribution is 5.79. The molecule has 0 radical (unpaired) electrons. The first-order chi connectivity index (χ1) is 9.15. The van der Waals surface area contributed by atoms with Crippen molar-refractivity contribution in [1.29, 1.82) is 0 Å². The van der Waals surface area contributed by atoms with Gasteiger partial charge in [-0.1, -0.05) is 26.0 Å². The van der Waals surface area contributed by atoms with Crippen molar-refractivity contribution in [3.05, 3.63) is 30.0 Å². The summed E-state index contributed by atoms with van der Waals surface area (Å²) in [5.41, 5.74) is 2.66. The summed E-state index contributed by atoms with van der Waals surface area (Å²) in [4.78, 5) is 2.46. The Kier molecular flexibility index (Phi) is 4.59. The Morgan fingerprint density at radius 1 is 1.21 bits per heavy atom. The number of hydrogen-bond donors (Lipinski definition) is 0. The van der Waals surface area contributed by atoms with Crippen molar-refractivity contribution >= 4 is 10.9 Å². The first-order valence-electron chi connectivity index (χ1n) is 7.34. The van der Waals surface area contributed by atoms with Crippen LogP contribution in [0.25, 0.3) is 10.9 Å². The van der Waals surface area contributed by atoms with Crippen molar-refractivity contribution < 1.29 is 0 Å². The Balaban J connectivity index is 2.18. The minimum atomic E-state index is 0.413. The highest BCUT2D eigenvalue weighted by Crippen LogP contribution is 2.19. The number of hydrogen-bond acceptors (Lipinski definition) is 2. The molecule has 0 unspecified atom stereocenters. The van der Waals surface area contributed by atoms with Gasteiger partial charge in [-0.15, -0.1) is 0 Å². The molecule has 104 valence electrons. The van der Waals surface area contributed by atoms with E-state index in [1.807, 2.05) is 6.20 Å². The van der Waals surface area contributed by atoms with Crippen molar-refractivity contribution in [2.24, 2.45) is 0 Å². The van der Waals surface area contributed by atoms with E-state index in [1.54, 1.807) is 0 Å². The van der Waals surface area contributed by atoms with Crippen LogP contribution in [0.15, 0.2) is 24.4 Å². The van der Waals surface area contributed by atoms with Gasteiger partial charge in [-0.05, 0) is 45.0 Å². The van der Waals surface area contributed by atoms with Gasteiger partial charge in [-0.3, -0.25) is 4.68 Å². The second-order valence-electron chi connectivity index (χ2n) is 5.35. The summed E-state index contributed by atoms with van der Waals surface area (Å²) in [5.74, 6) is 0. The number of aromatic nitrogens is 2. The van der Waals surface area contributed by atoms with Crippen molar-refractivity contribution in [3.8, 4) is 0 Å². The molecule has 19 heavy (non-hydrogen) atoms. The Morgan fingerprint density at radius 2 is 1.95 bits per heavy atom. The lowest BCUT2D eigenvalue weighted by molar-refractivity contribution is 0.308. The second kappa shape index (κ2) is 6.20. The van der Waals surface area contributed by atoms with Crippen LogP contribution in [-0.4, -0.2) is 34.3 Å². The predicted octanol–water partition coefficient (Wildman–Crippen LogP) is 3.50. The van der Waals surface area contributed by atoms with Gasteiger partial charge < -0.3 is 4.90 Å². The number of nitrogens with zero attached hydrogens (tertiary/aromatic N) is 3. The highest BCUT2D eigenvalue weighted by Gasteiger charge is 2.07. The third-order valence-electron chi connectivity index (χ3n) is 3.76. The van der Waals surface area contributed by atoms with Crippen molar-refractivity contribution in [2.45, 2.75) is 40.2 Å². The molecule has 0 saturated heterocycles. The van der Waals surface area contributed by atoms with Gasteiger partial charge in [0.1, 0.15) is 0 Å². The fraction of sp³-hybridized carbons (Fsp3) is 0.562. The molecule has 0 fully saturated rings. The number of likely N-dealkylation sites (N-methyl/N-ethyl adjacent to an activating group) is 1. The van der Waals surface area contributed by atoms with Crippen LogP contribution >= 0.6 is 0 Å². The Labute approximate surface area is 116 Å². The molecular formula is C16H25N3. The quantitative estimate of drug-likeness (QED) is 0.791. The van der Waals surface area contributed by atoms with E-state index in [0.29, 0.717) is 6.04 Å². The van der Waals surface area contributed by atoms with Gasteiger partial charge in [0.05, 0.1) is 11.7 Å². The van der Waals surface area contributed by atoms with Gasteiger partial charge in [0.15, 0.2) is 0 Å². The van der Waals surface area contributed by atoms with Gasteiger partial charge in [-0.2, -0.15) is 5.10 Å². The van der Waals surface area contributed by atoms with Gasteiger partial charge in [0.25, 0.3) is 0 Å². The van der Waals surface area contributed by atoms with Crippen molar-refractivity contribution in [3.63, 3.8) is 0 Å². The molecule has 1 heterocycles. The average Bonchev–Trinajstić information content (AvgIpc) is 2.83. The van der Waals surface area contributed by atoms with E-state index in [-0.39, 0.29) is 0 Å². The molecule has 0 N–H and O–H groups in total. The van der Waals surface area contributed by atoms with Gasteiger partial charge in [0.2, 0.25) is 0 Å². The number of benzene rings is 1. The standard InChI is InChI=1S/C16H25N3/c1-5-18(6-2)10-9-14-7-8-15-12-17-19(13(3)4)16(15)11-14/h7-8,11-13H,5-6,9-10H2,1-4H3. The number of rotatable bonds is 6. The molecule has 2 aromatic rings. The van der Waals surface area contributed by atoms with Crippen LogP contribution in [0.2, 0.25) is 0 Å². The summed E-state index contributed by atoms with van der Waals surface area (Å²) < 4.78 is 2.11. The molecule has 0 atom stereocenters. The minimum absolute atomic E-state index is 0.413. The van der Waals surface area contributed by atoms with E-state index in [0.717, 1.165) is 26.1 Å². The molecule has 0 aliphatic carbocycles. The van der Waals surface area contributed by atoms with Crippen molar-refractivity contribution in [1.82, 2.24) is 14.7 Å². The zero-order valence-corrected chi connectivity index (χ0v) is 12.6. The Bertz CT molecular complexity index is 524. The maximum atomic E-state index is 4.47. The molecular weight excluding hydrogens is 234 g/mol. The summed E-state index contributed by atoms with van der Waals surface area (Å²) in [6.45, 7) is 12.2. The fourth-order valence-corrected chi connectivity index (χ4v) is 2.48. The molecule has 0 aliphatic heterocycles. The molecule has 0 aliphatic rings. The van der Waals surface area contributed by atoms with Crippen LogP contribution in [0, 0.1) is 0 Å². The third kappa shape index (κ3) is 3.16. The highest BCUT2D eigenvalue weighted by atomic mass is 15.3. The molecule has 3 nitrogen and oxygen atoms in total. The normalized spacial score (nSPS) is 11.9. The van der Waals surface area contributed by atoms with Gasteiger partial charge in [0, 0.05) is 18.0 Å². The lowest BCUT2D eigenvalue weighted by atomic mass is 10.1. The van der Waals surface area contributed by atoms with E-state index in [2.05, 4.69) is 60.6 Å². The molecule has 2 rings (SSSR count). The summed E-state index contributed by atoms with van der Waals surface area (Å²) in [6, 6.07) is 7.14. The summed E-state index contributed by atoms with van der Waals surface area (Å²) in [5, 5.41) is 5.71. The van der Waals surface area contributed by atoms with Gasteiger partial charge in [-0.25, -0.2) is 0 Å². The Hall–Kier alpha value is -1.35. The zero-order valence-electron chi connectivity index (χ0n) is 12.6. The van der Waals surface area contributed by atoms with E-state index >= 15 is 0 Å². The molecule has 0 amide bonds. The van der Waals surface area contributed by atoms with E-state index in [4.69, 9.17) is 0 Å². The Morgan fingerprint density at radius 3 is 2.58 bits per heavy atom. The lowest BCUT2D eigenvalue weighted by Crippen LogP contribution is -2.25. The van der Waals surface area contributed by atoms with Crippen LogP contribution in [0.3, 0.4) is 0 Å². The SMILES string of the molecule is CCN(CC)CCc1ccc2cnn(C(C)C)c2c1. The van der Waals surface area contributed by atoms with Crippen LogP contribution in [0.5, 0.6) is 0 Å². The largest absolute Gasteiger partial charge is 0.304 e. The molecule has 1 aromatic heterocycles. The van der Waals surface area contributed by atoms with Crippen LogP contribution in [-0.2, 0) is 6.42 Å². The zero-order chi connectivity index (χ0) is 13.8. The third-order valence-corrected chi connectivity index (χ3v) is 3.76. The van der Waals surface area contributed by atoms with E-state index in [1.165, 1.54) is 16.5 Å². The van der Waals surface area contributed by atoms with Gasteiger partial charge >= 0.3 is 0 Å². The summed E-state index contributed by atoms with van der Waals surface area (Å²) in [6.07, 6.45) is 3.07. The van der Waals surface area contributed by atoms with E-state index < -0.39 is 0 Å². The minimum Gasteiger partial charge on any atom is -0.304 e. The van der Waals surface area contributed by atoms with Crippen molar-refractivity contribution in [2.75, 3.05) is 19.6 Å². The maximum Gasteiger partial charge on any atom is 0.0688 e. The first kappa shape index (κ1) is 14.1. The average molecular weight is 259 g/mol. The number of fused-ring (bicyclic) bond motifs is 1. The predicted molar refractivity (Wildman–Crippen MR) is 81.6 cm³/mol. The molecule has 0 bridgehead atoms. The molecule has 3 heteroatoms. The topological polar surface area (TPSA) is 21.1 Å². The summed E-state index contributed by atoms with van der Waals surface area (Å²) >= 11 is 0.